The lowest BCUT2D eigenvalue weighted by molar-refractivity contribution is -0.160. The lowest BCUT2D eigenvalue weighted by Gasteiger charge is -2.47. The molecule has 19 heavy (non-hydrogen) atoms. The average molecular weight is 265 g/mol. The van der Waals surface area contributed by atoms with Crippen LogP contribution in [0, 0.1) is 5.92 Å². The van der Waals surface area contributed by atoms with Crippen LogP contribution in [-0.4, -0.2) is 44.4 Å². The van der Waals surface area contributed by atoms with Crippen LogP contribution in [0.15, 0.2) is 21.7 Å². The molecule has 1 aliphatic heterocycles. The first-order valence-electron chi connectivity index (χ1n) is 6.28. The Morgan fingerprint density at radius 3 is 2.68 bits per heavy atom. The maximum absolute atomic E-state index is 11.9. The lowest BCUT2D eigenvalue weighted by Crippen LogP contribution is -2.65. The Morgan fingerprint density at radius 1 is 1.37 bits per heavy atom. The molecule has 0 aromatic carbocycles. The third-order valence-electron chi connectivity index (χ3n) is 3.80. The lowest BCUT2D eigenvalue weighted by atomic mass is 9.89. The van der Waals surface area contributed by atoms with Gasteiger partial charge in [0.15, 0.2) is 0 Å². The summed E-state index contributed by atoms with van der Waals surface area (Å²) in [6, 6.07) is 2.25. The zero-order valence-electron chi connectivity index (χ0n) is 10.3. The molecule has 2 aliphatic rings. The number of nitrogens with zero attached hydrogens (tertiary/aromatic N) is 2. The topological polar surface area (TPSA) is 95.4 Å². The molecule has 0 atom stereocenters. The Hall–Kier alpha value is -1.89. The van der Waals surface area contributed by atoms with Crippen LogP contribution in [0.5, 0.6) is 0 Å². The first-order chi connectivity index (χ1) is 8.98. The fourth-order valence-electron chi connectivity index (χ4n) is 2.48. The van der Waals surface area contributed by atoms with Gasteiger partial charge in [-0.3, -0.25) is 19.5 Å². The van der Waals surface area contributed by atoms with Crippen LogP contribution in [0.25, 0.3) is 0 Å². The fourth-order valence-corrected chi connectivity index (χ4v) is 2.48. The average Bonchev–Trinajstić information content (AvgIpc) is 3.14. The van der Waals surface area contributed by atoms with Gasteiger partial charge in [-0.1, -0.05) is 0 Å². The van der Waals surface area contributed by atoms with Crippen molar-refractivity contribution in [3.63, 3.8) is 0 Å². The molecule has 0 radical (unpaired) electrons. The molecule has 102 valence electrons. The van der Waals surface area contributed by atoms with Crippen molar-refractivity contribution in [3.05, 3.63) is 32.8 Å². The van der Waals surface area contributed by atoms with Gasteiger partial charge in [0.25, 0.3) is 11.1 Å². The summed E-state index contributed by atoms with van der Waals surface area (Å²) in [4.78, 5) is 36.0. The first kappa shape index (κ1) is 12.2. The van der Waals surface area contributed by atoms with E-state index in [1.807, 2.05) is 0 Å². The monoisotopic (exact) mass is 265 g/mol. The summed E-state index contributed by atoms with van der Waals surface area (Å²) >= 11 is 0. The van der Waals surface area contributed by atoms with Crippen molar-refractivity contribution in [2.45, 2.75) is 25.0 Å². The Bertz CT molecular complexity index is 622. The van der Waals surface area contributed by atoms with Crippen LogP contribution in [0.1, 0.15) is 12.8 Å². The van der Waals surface area contributed by atoms with Gasteiger partial charge in [-0.15, -0.1) is 0 Å². The number of carbonyl (C=O) groups excluding carboxylic acids is 1. The van der Waals surface area contributed by atoms with E-state index in [0.717, 1.165) is 29.7 Å². The number of amides is 1. The Labute approximate surface area is 108 Å². The summed E-state index contributed by atoms with van der Waals surface area (Å²) in [5.41, 5.74) is -1.58. The number of likely N-dealkylation sites (tertiary alicyclic amines) is 1. The van der Waals surface area contributed by atoms with Gasteiger partial charge in [-0.2, -0.15) is 0 Å². The molecule has 1 aliphatic carbocycles. The van der Waals surface area contributed by atoms with Gasteiger partial charge in [0, 0.05) is 12.1 Å². The normalized spacial score (nSPS) is 21.0. The number of carbonyl (C=O) groups is 1. The van der Waals surface area contributed by atoms with Crippen molar-refractivity contribution in [3.8, 4) is 0 Å². The van der Waals surface area contributed by atoms with Gasteiger partial charge in [0.2, 0.25) is 5.91 Å². The van der Waals surface area contributed by atoms with Gasteiger partial charge in [0.1, 0.15) is 12.1 Å². The van der Waals surface area contributed by atoms with Gasteiger partial charge in [-0.25, -0.2) is 4.68 Å². The second-order valence-corrected chi connectivity index (χ2v) is 5.36. The maximum Gasteiger partial charge on any atom is 0.265 e. The molecule has 1 aromatic rings. The molecule has 0 bridgehead atoms. The zero-order valence-corrected chi connectivity index (χ0v) is 10.3. The highest BCUT2D eigenvalue weighted by molar-refractivity contribution is 5.77. The van der Waals surface area contributed by atoms with E-state index in [-0.39, 0.29) is 12.5 Å². The predicted molar refractivity (Wildman–Crippen MR) is 65.6 cm³/mol. The van der Waals surface area contributed by atoms with E-state index < -0.39 is 16.7 Å². The summed E-state index contributed by atoms with van der Waals surface area (Å²) < 4.78 is 0.985. The van der Waals surface area contributed by atoms with E-state index in [0.29, 0.717) is 19.0 Å². The number of hydrogen-bond donors (Lipinski definition) is 2. The number of aromatic amines is 1. The molecular weight excluding hydrogens is 250 g/mol. The van der Waals surface area contributed by atoms with Gasteiger partial charge < -0.3 is 10.0 Å². The largest absolute Gasteiger partial charge is 0.386 e. The minimum absolute atomic E-state index is 0.199. The molecule has 7 heteroatoms. The van der Waals surface area contributed by atoms with Gasteiger partial charge >= 0.3 is 0 Å². The number of nitrogens with one attached hydrogen (secondary N) is 1. The van der Waals surface area contributed by atoms with Crippen molar-refractivity contribution in [2.24, 2.45) is 5.92 Å². The van der Waals surface area contributed by atoms with Crippen LogP contribution in [0.4, 0.5) is 0 Å². The van der Waals surface area contributed by atoms with Gasteiger partial charge in [0.05, 0.1) is 13.1 Å². The summed E-state index contributed by atoms with van der Waals surface area (Å²) in [5, 5.41) is 12.4. The van der Waals surface area contributed by atoms with E-state index in [9.17, 15) is 19.5 Å². The number of H-pyrrole nitrogens is 1. The highest BCUT2D eigenvalue weighted by Crippen LogP contribution is 2.44. The van der Waals surface area contributed by atoms with Crippen molar-refractivity contribution in [2.75, 3.05) is 13.1 Å². The third-order valence-corrected chi connectivity index (χ3v) is 3.80. The van der Waals surface area contributed by atoms with Crippen LogP contribution >= 0.6 is 0 Å². The molecule has 2 heterocycles. The Balaban J connectivity index is 1.65. The standard InChI is InChI=1S/C12H15N3O4/c16-9-3-4-10(17)15(13-9)5-11(18)14-6-12(19,7-14)8-1-2-8/h3-4,8,19H,1-2,5-7H2,(H,13,16). The van der Waals surface area contributed by atoms with Crippen molar-refractivity contribution < 1.29 is 9.90 Å². The molecule has 2 N–H and O–H groups in total. The van der Waals surface area contributed by atoms with Crippen LogP contribution in [0.3, 0.4) is 0 Å². The van der Waals surface area contributed by atoms with Crippen LogP contribution in [0.2, 0.25) is 0 Å². The summed E-state index contributed by atoms with van der Waals surface area (Å²) in [6.07, 6.45) is 2.04. The maximum atomic E-state index is 11.9. The molecule has 0 spiro atoms. The summed E-state index contributed by atoms with van der Waals surface area (Å²) in [7, 11) is 0. The molecule has 2 fully saturated rings. The minimum Gasteiger partial charge on any atom is -0.386 e. The fraction of sp³-hybridized carbons (Fsp3) is 0.583. The molecule has 0 unspecified atom stereocenters. The molecular formula is C12H15N3O4. The summed E-state index contributed by atoms with van der Waals surface area (Å²) in [5.74, 6) is 0.0464. The first-order valence-corrected chi connectivity index (χ1v) is 6.28. The third kappa shape index (κ3) is 2.21. The SMILES string of the molecule is O=C(Cn1[nH]c(=O)ccc1=O)N1CC(O)(C2CC2)C1. The number of β-amino-alcohol motifs (C(OH)–C–C–N with tert-alkyl or cyclic N) is 1. The molecule has 1 saturated carbocycles. The molecule has 7 nitrogen and oxygen atoms in total. The Morgan fingerprint density at radius 2 is 2.05 bits per heavy atom. The molecule has 1 amide bonds. The predicted octanol–water partition coefficient (Wildman–Crippen LogP) is -1.48. The second kappa shape index (κ2) is 4.06. The Kier molecular flexibility index (Phi) is 2.60. The van der Waals surface area contributed by atoms with E-state index in [1.54, 1.807) is 0 Å². The number of aromatic nitrogens is 2. The van der Waals surface area contributed by atoms with Crippen molar-refractivity contribution in [1.29, 1.82) is 0 Å². The highest BCUT2D eigenvalue weighted by Gasteiger charge is 2.53. The van der Waals surface area contributed by atoms with E-state index in [4.69, 9.17) is 0 Å². The van der Waals surface area contributed by atoms with Crippen LogP contribution in [-0.2, 0) is 11.3 Å². The number of hydrogen-bond acceptors (Lipinski definition) is 4. The number of rotatable bonds is 3. The molecule has 3 rings (SSSR count). The second-order valence-electron chi connectivity index (χ2n) is 5.36. The van der Waals surface area contributed by atoms with Crippen molar-refractivity contribution >= 4 is 5.91 Å². The molecule has 1 saturated heterocycles. The highest BCUT2D eigenvalue weighted by atomic mass is 16.3. The number of aliphatic hydroxyl groups is 1. The molecule has 1 aromatic heterocycles. The zero-order chi connectivity index (χ0) is 13.6. The van der Waals surface area contributed by atoms with Crippen molar-refractivity contribution in [1.82, 2.24) is 14.7 Å². The van der Waals surface area contributed by atoms with E-state index in [2.05, 4.69) is 5.10 Å². The summed E-state index contributed by atoms with van der Waals surface area (Å²) in [6.45, 7) is 0.445. The smallest absolute Gasteiger partial charge is 0.265 e. The van der Waals surface area contributed by atoms with E-state index in [1.165, 1.54) is 4.90 Å². The van der Waals surface area contributed by atoms with E-state index >= 15 is 0 Å². The van der Waals surface area contributed by atoms with Crippen LogP contribution < -0.4 is 11.1 Å². The minimum atomic E-state index is -0.731. The van der Waals surface area contributed by atoms with Gasteiger partial charge in [-0.05, 0) is 18.8 Å². The quantitative estimate of drug-likeness (QED) is 0.696.